The molecule has 3 heterocycles. The van der Waals surface area contributed by atoms with Gasteiger partial charge in [0, 0.05) is 18.7 Å². The van der Waals surface area contributed by atoms with Crippen LogP contribution in [0.2, 0.25) is 0 Å². The summed E-state index contributed by atoms with van der Waals surface area (Å²) in [5.74, 6) is 1.77. The SMILES string of the molecule is CCCCCc1nc(-c2ccnn2C(C)C)n(CC2COCCO2)n1. The second-order valence-corrected chi connectivity index (χ2v) is 6.81. The molecule has 0 N–H and O–H groups in total. The van der Waals surface area contributed by atoms with Crippen molar-refractivity contribution in [3.05, 3.63) is 18.1 Å². The number of aryl methyl sites for hydroxylation is 1. The predicted octanol–water partition coefficient (Wildman–Crippen LogP) is 2.87. The van der Waals surface area contributed by atoms with E-state index in [9.17, 15) is 0 Å². The third-order valence-electron chi connectivity index (χ3n) is 4.37. The molecule has 3 rings (SSSR count). The molecule has 7 nitrogen and oxygen atoms in total. The van der Waals surface area contributed by atoms with Crippen LogP contribution in [-0.4, -0.2) is 50.5 Å². The molecule has 0 spiro atoms. The lowest BCUT2D eigenvalue weighted by atomic mass is 10.2. The van der Waals surface area contributed by atoms with Gasteiger partial charge in [0.05, 0.1) is 26.4 Å². The van der Waals surface area contributed by atoms with Crippen LogP contribution >= 0.6 is 0 Å². The second kappa shape index (κ2) is 8.58. The molecule has 0 aromatic carbocycles. The number of ether oxygens (including phenoxy) is 2. The molecular formula is C18H29N5O2. The zero-order valence-electron chi connectivity index (χ0n) is 15.5. The minimum Gasteiger partial charge on any atom is -0.376 e. The summed E-state index contributed by atoms with van der Waals surface area (Å²) in [5.41, 5.74) is 1.00. The van der Waals surface area contributed by atoms with E-state index in [1.54, 1.807) is 0 Å². The zero-order chi connectivity index (χ0) is 17.6. The topological polar surface area (TPSA) is 67.0 Å². The van der Waals surface area contributed by atoms with Crippen LogP contribution < -0.4 is 0 Å². The zero-order valence-corrected chi connectivity index (χ0v) is 15.5. The lowest BCUT2D eigenvalue weighted by Gasteiger charge is -2.23. The molecule has 0 radical (unpaired) electrons. The Hall–Kier alpha value is -1.73. The van der Waals surface area contributed by atoms with Crippen LogP contribution in [0.25, 0.3) is 11.5 Å². The van der Waals surface area contributed by atoms with E-state index in [0.717, 1.165) is 30.2 Å². The molecule has 0 bridgehead atoms. The van der Waals surface area contributed by atoms with Gasteiger partial charge in [0.2, 0.25) is 0 Å². The highest BCUT2D eigenvalue weighted by Crippen LogP contribution is 2.22. The number of unbranched alkanes of at least 4 members (excludes halogenated alkanes) is 2. The number of nitrogens with zero attached hydrogens (tertiary/aromatic N) is 5. The van der Waals surface area contributed by atoms with Crippen molar-refractivity contribution in [3.8, 4) is 11.5 Å². The maximum absolute atomic E-state index is 5.80. The van der Waals surface area contributed by atoms with Gasteiger partial charge < -0.3 is 9.47 Å². The smallest absolute Gasteiger partial charge is 0.176 e. The summed E-state index contributed by atoms with van der Waals surface area (Å²) in [6, 6.07) is 2.28. The van der Waals surface area contributed by atoms with Crippen molar-refractivity contribution in [2.45, 2.75) is 65.1 Å². The fraction of sp³-hybridized carbons (Fsp3) is 0.722. The third kappa shape index (κ3) is 4.46. The van der Waals surface area contributed by atoms with Crippen LogP contribution in [0.4, 0.5) is 0 Å². The fourth-order valence-electron chi connectivity index (χ4n) is 3.08. The van der Waals surface area contributed by atoms with Gasteiger partial charge in [-0.2, -0.15) is 10.2 Å². The van der Waals surface area contributed by atoms with Gasteiger partial charge in [-0.1, -0.05) is 19.8 Å². The van der Waals surface area contributed by atoms with Crippen LogP contribution in [0.15, 0.2) is 12.3 Å². The molecule has 0 aliphatic carbocycles. The Morgan fingerprint density at radius 3 is 2.88 bits per heavy atom. The summed E-state index contributed by atoms with van der Waals surface area (Å²) in [4.78, 5) is 4.83. The average molecular weight is 347 g/mol. The van der Waals surface area contributed by atoms with Gasteiger partial charge in [-0.05, 0) is 26.3 Å². The Labute approximate surface area is 149 Å². The predicted molar refractivity (Wildman–Crippen MR) is 95.4 cm³/mol. The highest BCUT2D eigenvalue weighted by molar-refractivity contribution is 5.49. The lowest BCUT2D eigenvalue weighted by Crippen LogP contribution is -2.33. The lowest BCUT2D eigenvalue weighted by molar-refractivity contribution is -0.0945. The standard InChI is InChI=1S/C18H29N5O2/c1-4-5-6-7-17-20-18(16-8-9-19-23(16)14(2)3)22(21-17)12-15-13-24-10-11-25-15/h8-9,14-15H,4-7,10-13H2,1-3H3. The fourth-order valence-corrected chi connectivity index (χ4v) is 3.08. The van der Waals surface area contributed by atoms with Crippen molar-refractivity contribution >= 4 is 0 Å². The largest absolute Gasteiger partial charge is 0.376 e. The Morgan fingerprint density at radius 2 is 2.16 bits per heavy atom. The van der Waals surface area contributed by atoms with Crippen molar-refractivity contribution in [2.75, 3.05) is 19.8 Å². The highest BCUT2D eigenvalue weighted by atomic mass is 16.6. The first-order chi connectivity index (χ1) is 12.2. The second-order valence-electron chi connectivity index (χ2n) is 6.81. The van der Waals surface area contributed by atoms with Crippen LogP contribution in [0.3, 0.4) is 0 Å². The first-order valence-electron chi connectivity index (χ1n) is 9.36. The summed E-state index contributed by atoms with van der Waals surface area (Å²) in [6.07, 6.45) is 6.27. The van der Waals surface area contributed by atoms with E-state index in [4.69, 9.17) is 19.6 Å². The Bertz CT molecular complexity index is 658. The molecule has 1 saturated heterocycles. The van der Waals surface area contributed by atoms with Gasteiger partial charge in [-0.3, -0.25) is 4.68 Å². The average Bonchev–Trinajstić information content (AvgIpc) is 3.23. The Kier molecular flexibility index (Phi) is 6.20. The van der Waals surface area contributed by atoms with E-state index in [1.165, 1.54) is 12.8 Å². The van der Waals surface area contributed by atoms with E-state index in [1.807, 2.05) is 21.6 Å². The van der Waals surface area contributed by atoms with E-state index < -0.39 is 0 Å². The first-order valence-corrected chi connectivity index (χ1v) is 9.36. The monoisotopic (exact) mass is 347 g/mol. The number of rotatable bonds is 8. The van der Waals surface area contributed by atoms with Crippen LogP contribution in [0, 0.1) is 0 Å². The minimum atomic E-state index is 0.0214. The van der Waals surface area contributed by atoms with Crippen molar-refractivity contribution in [3.63, 3.8) is 0 Å². The number of hydrogen-bond acceptors (Lipinski definition) is 5. The minimum absolute atomic E-state index is 0.0214. The van der Waals surface area contributed by atoms with Gasteiger partial charge in [-0.15, -0.1) is 0 Å². The summed E-state index contributed by atoms with van der Waals surface area (Å²) in [6.45, 7) is 9.02. The molecule has 1 aliphatic heterocycles. The van der Waals surface area contributed by atoms with Crippen LogP contribution in [0.5, 0.6) is 0 Å². The number of hydrogen-bond donors (Lipinski definition) is 0. The van der Waals surface area contributed by atoms with Crippen molar-refractivity contribution in [2.24, 2.45) is 0 Å². The molecule has 1 aliphatic rings. The highest BCUT2D eigenvalue weighted by Gasteiger charge is 2.21. The molecule has 0 saturated carbocycles. The van der Waals surface area contributed by atoms with Gasteiger partial charge in [0.25, 0.3) is 0 Å². The Morgan fingerprint density at radius 1 is 1.28 bits per heavy atom. The van der Waals surface area contributed by atoms with E-state index in [2.05, 4.69) is 25.9 Å². The molecule has 1 atom stereocenters. The summed E-state index contributed by atoms with van der Waals surface area (Å²) in [5, 5.41) is 9.21. The molecule has 0 amide bonds. The molecule has 2 aromatic rings. The van der Waals surface area contributed by atoms with Gasteiger partial charge >= 0.3 is 0 Å². The summed E-state index contributed by atoms with van der Waals surface area (Å²) >= 11 is 0. The summed E-state index contributed by atoms with van der Waals surface area (Å²) < 4.78 is 15.3. The molecule has 2 aromatic heterocycles. The van der Waals surface area contributed by atoms with Gasteiger partial charge in [-0.25, -0.2) is 9.67 Å². The van der Waals surface area contributed by atoms with Crippen LogP contribution in [-0.2, 0) is 22.4 Å². The van der Waals surface area contributed by atoms with Gasteiger partial charge in [0.15, 0.2) is 11.6 Å². The normalized spacial score (nSPS) is 18.2. The maximum atomic E-state index is 5.80. The van der Waals surface area contributed by atoms with E-state index >= 15 is 0 Å². The van der Waals surface area contributed by atoms with Gasteiger partial charge in [0.1, 0.15) is 11.8 Å². The van der Waals surface area contributed by atoms with Crippen LogP contribution in [0.1, 0.15) is 51.9 Å². The summed E-state index contributed by atoms with van der Waals surface area (Å²) in [7, 11) is 0. The molecule has 25 heavy (non-hydrogen) atoms. The molecule has 7 heteroatoms. The molecule has 138 valence electrons. The molecule has 1 fully saturated rings. The molecule has 1 unspecified atom stereocenters. The van der Waals surface area contributed by atoms with Crippen molar-refractivity contribution < 1.29 is 9.47 Å². The van der Waals surface area contributed by atoms with E-state index in [0.29, 0.717) is 26.4 Å². The maximum Gasteiger partial charge on any atom is 0.176 e. The van der Waals surface area contributed by atoms with Crippen molar-refractivity contribution in [1.82, 2.24) is 24.5 Å². The van der Waals surface area contributed by atoms with E-state index in [-0.39, 0.29) is 12.1 Å². The van der Waals surface area contributed by atoms with Crippen molar-refractivity contribution in [1.29, 1.82) is 0 Å². The quantitative estimate of drug-likeness (QED) is 0.687. The third-order valence-corrected chi connectivity index (χ3v) is 4.37. The first kappa shape index (κ1) is 18.1. The Balaban J connectivity index is 1.86. The molecular weight excluding hydrogens is 318 g/mol. The number of aromatic nitrogens is 5.